The number of aromatic nitrogens is 3. The van der Waals surface area contributed by atoms with Crippen LogP contribution in [0.5, 0.6) is 0 Å². The van der Waals surface area contributed by atoms with Crippen molar-refractivity contribution in [2.45, 2.75) is 25.2 Å². The molecular weight excluding hydrogens is 316 g/mol. The van der Waals surface area contributed by atoms with Gasteiger partial charge in [0.1, 0.15) is 24.1 Å². The van der Waals surface area contributed by atoms with Gasteiger partial charge in [-0.3, -0.25) is 4.79 Å². The topological polar surface area (TPSA) is 129 Å². The van der Waals surface area contributed by atoms with E-state index >= 15 is 0 Å². The summed E-state index contributed by atoms with van der Waals surface area (Å²) in [5.41, 5.74) is 1.79. The molecule has 128 valence electrons. The number of aliphatic hydroxyl groups is 3. The molecule has 2 aromatic heterocycles. The van der Waals surface area contributed by atoms with Gasteiger partial charge < -0.3 is 25.4 Å². The standard InChI is InChI=1S/C15H18N4O5/c1-8(22)14(24-10(5-20)6-21)11-4-9-2-3-12(23)18-15-13(9)19(11)17-7-16-15/h2-4,7-8,10,14,20-22H,5-6H2,1H3,(H,16,17,18,23)/t8-,14+/m0/s1. The van der Waals surface area contributed by atoms with E-state index in [9.17, 15) is 20.1 Å². The predicted molar refractivity (Wildman–Crippen MR) is 84.1 cm³/mol. The molecule has 0 unspecified atom stereocenters. The lowest BCUT2D eigenvalue weighted by atomic mass is 10.1. The van der Waals surface area contributed by atoms with Crippen LogP contribution < -0.4 is 5.32 Å². The molecule has 9 heteroatoms. The van der Waals surface area contributed by atoms with Gasteiger partial charge in [-0.05, 0) is 19.1 Å². The van der Waals surface area contributed by atoms with Gasteiger partial charge in [-0.2, -0.15) is 5.10 Å². The number of carbonyl (C=O) groups is 1. The van der Waals surface area contributed by atoms with Crippen LogP contribution in [-0.2, 0) is 9.53 Å². The number of anilines is 1. The molecule has 0 radical (unpaired) electrons. The van der Waals surface area contributed by atoms with Crippen molar-refractivity contribution in [2.24, 2.45) is 0 Å². The minimum absolute atomic E-state index is 0.294. The SMILES string of the molecule is C[C@H](O)[C@@H](OC(CO)CO)c1cc2c3c(ncnn13)NC(=O)C=C2. The van der Waals surface area contributed by atoms with Crippen LogP contribution in [0.4, 0.5) is 5.82 Å². The second-order valence-corrected chi connectivity index (χ2v) is 5.50. The number of hydrogen-bond donors (Lipinski definition) is 4. The summed E-state index contributed by atoms with van der Waals surface area (Å²) >= 11 is 0. The Bertz CT molecular complexity index is 782. The minimum atomic E-state index is -0.920. The zero-order chi connectivity index (χ0) is 17.3. The highest BCUT2D eigenvalue weighted by Gasteiger charge is 2.28. The molecule has 2 aromatic rings. The van der Waals surface area contributed by atoms with Gasteiger partial charge in [-0.25, -0.2) is 9.50 Å². The lowest BCUT2D eigenvalue weighted by Gasteiger charge is -2.24. The Labute approximate surface area is 137 Å². The third kappa shape index (κ3) is 2.89. The molecule has 0 spiro atoms. The highest BCUT2D eigenvalue weighted by Crippen LogP contribution is 2.31. The van der Waals surface area contributed by atoms with E-state index in [1.807, 2.05) is 0 Å². The maximum absolute atomic E-state index is 11.7. The maximum Gasteiger partial charge on any atom is 0.249 e. The Morgan fingerprint density at radius 3 is 2.75 bits per heavy atom. The summed E-state index contributed by atoms with van der Waals surface area (Å²) in [4.78, 5) is 15.7. The number of hydrogen-bond acceptors (Lipinski definition) is 7. The van der Waals surface area contributed by atoms with Gasteiger partial charge in [0.25, 0.3) is 0 Å². The Hall–Kier alpha value is -2.33. The van der Waals surface area contributed by atoms with Gasteiger partial charge >= 0.3 is 0 Å². The number of ether oxygens (including phenoxy) is 1. The fraction of sp³-hybridized carbons (Fsp3) is 0.400. The largest absolute Gasteiger partial charge is 0.394 e. The van der Waals surface area contributed by atoms with Crippen molar-refractivity contribution in [3.05, 3.63) is 29.7 Å². The molecule has 0 aliphatic carbocycles. The number of carbonyl (C=O) groups excluding carboxylic acids is 1. The first-order chi connectivity index (χ1) is 11.5. The normalized spacial score (nSPS) is 16.3. The van der Waals surface area contributed by atoms with E-state index in [1.165, 1.54) is 16.9 Å². The summed E-state index contributed by atoms with van der Waals surface area (Å²) < 4.78 is 7.16. The van der Waals surface area contributed by atoms with E-state index < -0.39 is 18.3 Å². The van der Waals surface area contributed by atoms with Gasteiger partial charge in [0.2, 0.25) is 5.91 Å². The van der Waals surface area contributed by atoms with Crippen LogP contribution in [0, 0.1) is 0 Å². The molecule has 0 saturated carbocycles. The zero-order valence-corrected chi connectivity index (χ0v) is 13.0. The summed E-state index contributed by atoms with van der Waals surface area (Å²) in [7, 11) is 0. The van der Waals surface area contributed by atoms with E-state index in [0.717, 1.165) is 0 Å². The van der Waals surface area contributed by atoms with Crippen LogP contribution in [0.1, 0.15) is 24.3 Å². The minimum Gasteiger partial charge on any atom is -0.394 e. The third-order valence-electron chi connectivity index (χ3n) is 3.74. The molecule has 3 rings (SSSR count). The molecule has 2 atom stereocenters. The zero-order valence-electron chi connectivity index (χ0n) is 13.0. The predicted octanol–water partition coefficient (Wildman–Crippen LogP) is -0.514. The van der Waals surface area contributed by atoms with Gasteiger partial charge in [-0.1, -0.05) is 0 Å². The highest BCUT2D eigenvalue weighted by molar-refractivity contribution is 6.07. The molecule has 1 aliphatic heterocycles. The first-order valence-corrected chi connectivity index (χ1v) is 7.46. The van der Waals surface area contributed by atoms with Crippen molar-refractivity contribution in [2.75, 3.05) is 18.5 Å². The van der Waals surface area contributed by atoms with Crippen molar-refractivity contribution >= 4 is 23.3 Å². The molecule has 0 aromatic carbocycles. The second kappa shape index (κ2) is 6.65. The lowest BCUT2D eigenvalue weighted by molar-refractivity contribution is -0.111. The molecule has 3 heterocycles. The lowest BCUT2D eigenvalue weighted by Crippen LogP contribution is -2.30. The Kier molecular flexibility index (Phi) is 4.58. The van der Waals surface area contributed by atoms with Gasteiger partial charge in [0.15, 0.2) is 5.82 Å². The fourth-order valence-electron chi connectivity index (χ4n) is 2.62. The summed E-state index contributed by atoms with van der Waals surface area (Å²) in [6, 6.07) is 1.73. The third-order valence-corrected chi connectivity index (χ3v) is 3.74. The van der Waals surface area contributed by atoms with E-state index in [1.54, 1.807) is 19.1 Å². The van der Waals surface area contributed by atoms with Crippen LogP contribution in [0.15, 0.2) is 18.5 Å². The van der Waals surface area contributed by atoms with E-state index in [-0.39, 0.29) is 19.1 Å². The molecule has 24 heavy (non-hydrogen) atoms. The molecule has 1 amide bonds. The summed E-state index contributed by atoms with van der Waals surface area (Å²) in [6.07, 6.45) is 1.71. The van der Waals surface area contributed by atoms with Crippen LogP contribution in [0.25, 0.3) is 11.6 Å². The quantitative estimate of drug-likeness (QED) is 0.560. The van der Waals surface area contributed by atoms with Gasteiger partial charge in [0, 0.05) is 11.6 Å². The fourth-order valence-corrected chi connectivity index (χ4v) is 2.62. The van der Waals surface area contributed by atoms with Gasteiger partial charge in [0.05, 0.1) is 25.0 Å². The summed E-state index contributed by atoms with van der Waals surface area (Å²) in [5.74, 6) is 0.0590. The smallest absolute Gasteiger partial charge is 0.249 e. The molecule has 9 nitrogen and oxygen atoms in total. The summed E-state index contributed by atoms with van der Waals surface area (Å²) in [5, 5.41) is 35.4. The number of aliphatic hydroxyl groups excluding tert-OH is 3. The average Bonchev–Trinajstić information content (AvgIpc) is 2.84. The average molecular weight is 334 g/mol. The first kappa shape index (κ1) is 16.5. The molecule has 0 bridgehead atoms. The summed E-state index contributed by atoms with van der Waals surface area (Å²) in [6.45, 7) is 0.777. The van der Waals surface area contributed by atoms with Crippen molar-refractivity contribution in [3.8, 4) is 0 Å². The molecular formula is C15H18N4O5. The van der Waals surface area contributed by atoms with E-state index in [0.29, 0.717) is 22.6 Å². The van der Waals surface area contributed by atoms with Crippen LogP contribution in [0.2, 0.25) is 0 Å². The second-order valence-electron chi connectivity index (χ2n) is 5.50. The monoisotopic (exact) mass is 334 g/mol. The Morgan fingerprint density at radius 2 is 2.08 bits per heavy atom. The Balaban J connectivity index is 2.11. The van der Waals surface area contributed by atoms with Crippen LogP contribution >= 0.6 is 0 Å². The number of rotatable bonds is 6. The van der Waals surface area contributed by atoms with Crippen molar-refractivity contribution < 1.29 is 24.9 Å². The number of nitrogens with zero attached hydrogens (tertiary/aromatic N) is 3. The first-order valence-electron chi connectivity index (χ1n) is 7.46. The molecule has 1 aliphatic rings. The number of nitrogens with one attached hydrogen (secondary N) is 1. The van der Waals surface area contributed by atoms with Crippen molar-refractivity contribution in [1.82, 2.24) is 14.6 Å². The van der Waals surface area contributed by atoms with Crippen molar-refractivity contribution in [3.63, 3.8) is 0 Å². The number of amides is 1. The molecule has 4 N–H and O–H groups in total. The Morgan fingerprint density at radius 1 is 1.33 bits per heavy atom. The van der Waals surface area contributed by atoms with Crippen LogP contribution in [0.3, 0.4) is 0 Å². The molecule has 0 saturated heterocycles. The van der Waals surface area contributed by atoms with Crippen LogP contribution in [-0.4, -0.2) is 61.2 Å². The van der Waals surface area contributed by atoms with Gasteiger partial charge in [-0.15, -0.1) is 0 Å². The molecule has 0 fully saturated rings. The van der Waals surface area contributed by atoms with Crippen molar-refractivity contribution in [1.29, 1.82) is 0 Å². The van der Waals surface area contributed by atoms with E-state index in [4.69, 9.17) is 4.74 Å². The highest BCUT2D eigenvalue weighted by atomic mass is 16.5. The van der Waals surface area contributed by atoms with E-state index in [2.05, 4.69) is 15.4 Å². The maximum atomic E-state index is 11.7.